The van der Waals surface area contributed by atoms with E-state index in [1.165, 1.54) is 24.0 Å². The second-order valence-corrected chi connectivity index (χ2v) is 4.94. The van der Waals surface area contributed by atoms with Crippen LogP contribution in [0.4, 0.5) is 5.69 Å². The zero-order valence-corrected chi connectivity index (χ0v) is 12.5. The van der Waals surface area contributed by atoms with Crippen LogP contribution in [0.25, 0.3) is 0 Å². The molecule has 2 heterocycles. The third-order valence-corrected chi connectivity index (χ3v) is 3.95. The lowest BCUT2D eigenvalue weighted by molar-refractivity contribution is -0.385. The van der Waals surface area contributed by atoms with Gasteiger partial charge in [-0.3, -0.25) is 15.0 Å². The lowest BCUT2D eigenvalue weighted by Crippen LogP contribution is -2.22. The van der Waals surface area contributed by atoms with E-state index in [4.69, 9.17) is 0 Å². The van der Waals surface area contributed by atoms with Crippen LogP contribution < -0.4 is 0 Å². The van der Waals surface area contributed by atoms with Crippen molar-refractivity contribution in [1.29, 1.82) is 0 Å². The highest BCUT2D eigenvalue weighted by Gasteiger charge is 2.30. The number of hydrogen-bond acceptors (Lipinski definition) is 3. The molecule has 1 atom stereocenters. The summed E-state index contributed by atoms with van der Waals surface area (Å²) >= 11 is 0. The van der Waals surface area contributed by atoms with E-state index in [0.717, 1.165) is 25.9 Å². The van der Waals surface area contributed by atoms with Gasteiger partial charge in [0.2, 0.25) is 0 Å². The van der Waals surface area contributed by atoms with Crippen molar-refractivity contribution in [3.05, 3.63) is 39.4 Å². The van der Waals surface area contributed by atoms with Crippen LogP contribution in [-0.4, -0.2) is 22.9 Å². The predicted octanol–water partition coefficient (Wildman–Crippen LogP) is 3.30. The van der Waals surface area contributed by atoms with Gasteiger partial charge in [0.1, 0.15) is 0 Å². The van der Waals surface area contributed by atoms with Crippen molar-refractivity contribution in [2.45, 2.75) is 31.7 Å². The summed E-state index contributed by atoms with van der Waals surface area (Å²) in [6, 6.07) is 5.81. The molecule has 0 amide bonds. The van der Waals surface area contributed by atoms with Gasteiger partial charge in [-0.15, -0.1) is 24.0 Å². The first-order valence-electron chi connectivity index (χ1n) is 6.27. The van der Waals surface area contributed by atoms with E-state index in [0.29, 0.717) is 6.04 Å². The van der Waals surface area contributed by atoms with E-state index in [2.05, 4.69) is 4.90 Å². The number of benzene rings is 1. The van der Waals surface area contributed by atoms with Gasteiger partial charge < -0.3 is 0 Å². The molecule has 0 N–H and O–H groups in total. The van der Waals surface area contributed by atoms with Gasteiger partial charge in [-0.1, -0.05) is 6.07 Å². The lowest BCUT2D eigenvalue weighted by Gasteiger charge is -2.22. The van der Waals surface area contributed by atoms with Crippen molar-refractivity contribution in [2.24, 2.45) is 0 Å². The Labute approximate surface area is 124 Å². The zero-order chi connectivity index (χ0) is 11.8. The van der Waals surface area contributed by atoms with Crippen LogP contribution in [0.15, 0.2) is 18.2 Å². The standard InChI is InChI=1S/C13H16N2O2.HI/c16-15(17)11-6-5-10-3-1-7-14-8-2-4-13(14)12(10)9-11;/h5-6,9,13H,1-4,7-8H2;1H. The molecule has 0 radical (unpaired) electrons. The molecule has 0 spiro atoms. The van der Waals surface area contributed by atoms with Crippen molar-refractivity contribution >= 4 is 29.7 Å². The Morgan fingerprint density at radius 3 is 2.83 bits per heavy atom. The summed E-state index contributed by atoms with van der Waals surface area (Å²) < 4.78 is 0. The molecule has 5 heteroatoms. The second kappa shape index (κ2) is 5.52. The molecular weight excluding hydrogens is 343 g/mol. The van der Waals surface area contributed by atoms with Gasteiger partial charge in [-0.2, -0.15) is 0 Å². The van der Waals surface area contributed by atoms with Gasteiger partial charge >= 0.3 is 0 Å². The van der Waals surface area contributed by atoms with Gasteiger partial charge in [-0.25, -0.2) is 0 Å². The van der Waals surface area contributed by atoms with Crippen LogP contribution in [0.3, 0.4) is 0 Å². The van der Waals surface area contributed by atoms with Crippen molar-refractivity contribution in [2.75, 3.05) is 13.1 Å². The third-order valence-electron chi connectivity index (χ3n) is 3.95. The number of fused-ring (bicyclic) bond motifs is 3. The Hall–Kier alpha value is -0.690. The van der Waals surface area contributed by atoms with Crippen molar-refractivity contribution in [1.82, 2.24) is 4.90 Å². The number of rotatable bonds is 1. The number of halogens is 1. The molecule has 98 valence electrons. The van der Waals surface area contributed by atoms with Crippen molar-refractivity contribution < 1.29 is 4.92 Å². The molecule has 0 saturated carbocycles. The first-order valence-corrected chi connectivity index (χ1v) is 6.27. The van der Waals surface area contributed by atoms with Gasteiger partial charge in [0, 0.05) is 18.2 Å². The average Bonchev–Trinajstić information content (AvgIpc) is 2.71. The second-order valence-electron chi connectivity index (χ2n) is 4.94. The molecule has 18 heavy (non-hydrogen) atoms. The minimum absolute atomic E-state index is 0. The Morgan fingerprint density at radius 2 is 2.06 bits per heavy atom. The van der Waals surface area contributed by atoms with E-state index >= 15 is 0 Å². The maximum Gasteiger partial charge on any atom is 0.269 e. The number of nitro benzene ring substituents is 1. The van der Waals surface area contributed by atoms with Gasteiger partial charge in [0.05, 0.1) is 4.92 Å². The highest BCUT2D eigenvalue weighted by atomic mass is 127. The number of nitro groups is 1. The monoisotopic (exact) mass is 360 g/mol. The number of nitrogens with zero attached hydrogens (tertiary/aromatic N) is 2. The summed E-state index contributed by atoms with van der Waals surface area (Å²) in [5.74, 6) is 0. The topological polar surface area (TPSA) is 46.4 Å². The molecule has 1 fully saturated rings. The van der Waals surface area contributed by atoms with Crippen LogP contribution in [0, 0.1) is 10.1 Å². The van der Waals surface area contributed by atoms with Gasteiger partial charge in [0.25, 0.3) is 5.69 Å². The molecular formula is C13H17IN2O2. The fourth-order valence-electron chi connectivity index (χ4n) is 3.15. The fraction of sp³-hybridized carbons (Fsp3) is 0.538. The molecule has 1 unspecified atom stereocenters. The van der Waals surface area contributed by atoms with Crippen LogP contribution in [0.5, 0.6) is 0 Å². The summed E-state index contributed by atoms with van der Waals surface area (Å²) in [6.07, 6.45) is 4.59. The first-order chi connectivity index (χ1) is 8.25. The van der Waals surface area contributed by atoms with E-state index in [-0.39, 0.29) is 34.6 Å². The quantitative estimate of drug-likeness (QED) is 0.439. The molecule has 2 aliphatic heterocycles. The van der Waals surface area contributed by atoms with Gasteiger partial charge in [-0.05, 0) is 49.9 Å². The Morgan fingerprint density at radius 1 is 1.28 bits per heavy atom. The maximum absolute atomic E-state index is 10.9. The van der Waals surface area contributed by atoms with Crippen LogP contribution in [0.2, 0.25) is 0 Å². The summed E-state index contributed by atoms with van der Waals surface area (Å²) in [5.41, 5.74) is 2.75. The maximum atomic E-state index is 10.9. The minimum Gasteiger partial charge on any atom is -0.296 e. The number of aryl methyl sites for hydroxylation is 1. The summed E-state index contributed by atoms with van der Waals surface area (Å²) in [7, 11) is 0. The van der Waals surface area contributed by atoms with Crippen molar-refractivity contribution in [3.63, 3.8) is 0 Å². The molecule has 1 aromatic carbocycles. The van der Waals surface area contributed by atoms with Crippen LogP contribution in [0.1, 0.15) is 36.4 Å². The van der Waals surface area contributed by atoms with E-state index in [9.17, 15) is 10.1 Å². The summed E-state index contributed by atoms with van der Waals surface area (Å²) in [5, 5.41) is 10.9. The number of non-ortho nitro benzene ring substituents is 1. The molecule has 0 aromatic heterocycles. The third kappa shape index (κ3) is 2.38. The SMILES string of the molecule is I.O=[N+]([O-])c1ccc2c(c1)C1CCCN1CCC2. The minimum atomic E-state index is -0.287. The van der Waals surface area contributed by atoms with E-state index in [1.807, 2.05) is 6.07 Å². The van der Waals surface area contributed by atoms with Gasteiger partial charge in [0.15, 0.2) is 0 Å². The van der Waals surface area contributed by atoms with E-state index in [1.54, 1.807) is 12.1 Å². The predicted molar refractivity (Wildman–Crippen MR) is 80.4 cm³/mol. The summed E-state index contributed by atoms with van der Waals surface area (Å²) in [6.45, 7) is 2.28. The molecule has 0 bridgehead atoms. The van der Waals surface area contributed by atoms with Crippen LogP contribution >= 0.6 is 24.0 Å². The molecule has 2 aliphatic rings. The van der Waals surface area contributed by atoms with Crippen LogP contribution in [-0.2, 0) is 6.42 Å². The lowest BCUT2D eigenvalue weighted by atomic mass is 9.97. The Balaban J connectivity index is 0.00000120. The summed E-state index contributed by atoms with van der Waals surface area (Å²) in [4.78, 5) is 13.1. The zero-order valence-electron chi connectivity index (χ0n) is 10.2. The highest BCUT2D eigenvalue weighted by molar-refractivity contribution is 14.0. The smallest absolute Gasteiger partial charge is 0.269 e. The Bertz CT molecular complexity index is 464. The number of hydrogen-bond donors (Lipinski definition) is 0. The molecule has 0 aliphatic carbocycles. The van der Waals surface area contributed by atoms with Crippen molar-refractivity contribution in [3.8, 4) is 0 Å². The molecule has 1 aromatic rings. The Kier molecular flexibility index (Phi) is 4.21. The fourth-order valence-corrected chi connectivity index (χ4v) is 3.15. The first kappa shape index (κ1) is 13.7. The highest BCUT2D eigenvalue weighted by Crippen LogP contribution is 2.38. The largest absolute Gasteiger partial charge is 0.296 e. The van der Waals surface area contributed by atoms with E-state index < -0.39 is 0 Å². The molecule has 4 nitrogen and oxygen atoms in total. The normalized spacial score (nSPS) is 22.6. The molecule has 1 saturated heterocycles. The molecule has 3 rings (SSSR count). The average molecular weight is 360 g/mol.